The summed E-state index contributed by atoms with van der Waals surface area (Å²) >= 11 is 1.35. The number of aromatic nitrogens is 1. The second-order valence-corrected chi connectivity index (χ2v) is 5.94. The Hall–Kier alpha value is -1.63. The van der Waals surface area contributed by atoms with Crippen molar-refractivity contribution in [3.8, 4) is 0 Å². The predicted octanol–water partition coefficient (Wildman–Crippen LogP) is 2.61. The SMILES string of the molecule is Cc1csc(NC(=O)NC2CCCCCC2C(=O)O)n1. The van der Waals surface area contributed by atoms with Gasteiger partial charge in [-0.25, -0.2) is 9.78 Å². The number of hydrogen-bond donors (Lipinski definition) is 3. The summed E-state index contributed by atoms with van der Waals surface area (Å²) in [5.74, 6) is -1.33. The van der Waals surface area contributed by atoms with Gasteiger partial charge in [0.2, 0.25) is 0 Å². The van der Waals surface area contributed by atoms with Crippen LogP contribution in [-0.4, -0.2) is 28.1 Å². The van der Waals surface area contributed by atoms with Crippen molar-refractivity contribution in [2.45, 2.75) is 45.1 Å². The summed E-state index contributed by atoms with van der Waals surface area (Å²) in [6, 6.07) is -0.687. The van der Waals surface area contributed by atoms with Crippen molar-refractivity contribution in [3.63, 3.8) is 0 Å². The molecule has 2 atom stereocenters. The number of carbonyl (C=O) groups excluding carboxylic acids is 1. The number of carboxylic acid groups (broad SMARTS) is 1. The summed E-state index contributed by atoms with van der Waals surface area (Å²) in [6.07, 6.45) is 4.21. The molecule has 0 bridgehead atoms. The number of amides is 2. The van der Waals surface area contributed by atoms with E-state index < -0.39 is 11.9 Å². The van der Waals surface area contributed by atoms with E-state index in [9.17, 15) is 14.7 Å². The molecule has 0 saturated heterocycles. The first-order valence-electron chi connectivity index (χ1n) is 6.78. The molecular formula is C13H19N3O3S. The maximum absolute atomic E-state index is 11.9. The first-order chi connectivity index (χ1) is 9.56. The third-order valence-corrected chi connectivity index (χ3v) is 4.36. The van der Waals surface area contributed by atoms with E-state index >= 15 is 0 Å². The number of aliphatic carboxylic acids is 1. The maximum atomic E-state index is 11.9. The van der Waals surface area contributed by atoms with Gasteiger partial charge in [-0.1, -0.05) is 19.3 Å². The number of nitrogens with zero attached hydrogens (tertiary/aromatic N) is 1. The summed E-state index contributed by atoms with van der Waals surface area (Å²) in [5, 5.41) is 17.1. The first-order valence-corrected chi connectivity index (χ1v) is 7.66. The largest absolute Gasteiger partial charge is 0.481 e. The van der Waals surface area contributed by atoms with Crippen LogP contribution in [0, 0.1) is 12.8 Å². The van der Waals surface area contributed by atoms with Crippen LogP contribution in [0.25, 0.3) is 0 Å². The lowest BCUT2D eigenvalue weighted by Crippen LogP contribution is -2.44. The lowest BCUT2D eigenvalue weighted by molar-refractivity contribution is -0.142. The highest BCUT2D eigenvalue weighted by atomic mass is 32.1. The molecule has 2 amide bonds. The van der Waals surface area contributed by atoms with E-state index in [1.807, 2.05) is 12.3 Å². The molecule has 1 aliphatic carbocycles. The molecule has 2 rings (SSSR count). The fourth-order valence-electron chi connectivity index (χ4n) is 2.49. The van der Waals surface area contributed by atoms with Crippen LogP contribution in [0.15, 0.2) is 5.38 Å². The third-order valence-electron chi connectivity index (χ3n) is 3.49. The van der Waals surface area contributed by atoms with Gasteiger partial charge >= 0.3 is 12.0 Å². The van der Waals surface area contributed by atoms with Crippen LogP contribution in [0.5, 0.6) is 0 Å². The highest BCUT2D eigenvalue weighted by Gasteiger charge is 2.30. The number of carbonyl (C=O) groups is 2. The highest BCUT2D eigenvalue weighted by molar-refractivity contribution is 7.13. The summed E-state index contributed by atoms with van der Waals surface area (Å²) < 4.78 is 0. The fourth-order valence-corrected chi connectivity index (χ4v) is 3.17. The number of nitrogens with one attached hydrogen (secondary N) is 2. The Morgan fingerprint density at radius 2 is 2.10 bits per heavy atom. The first kappa shape index (κ1) is 14.8. The summed E-state index contributed by atoms with van der Waals surface area (Å²) in [4.78, 5) is 27.3. The second-order valence-electron chi connectivity index (χ2n) is 5.08. The second kappa shape index (κ2) is 6.69. The van der Waals surface area contributed by atoms with E-state index in [2.05, 4.69) is 15.6 Å². The molecule has 6 nitrogen and oxygen atoms in total. The van der Waals surface area contributed by atoms with Crippen LogP contribution in [0.3, 0.4) is 0 Å². The average Bonchev–Trinajstić information content (AvgIpc) is 2.64. The van der Waals surface area contributed by atoms with E-state index in [1.165, 1.54) is 11.3 Å². The van der Waals surface area contributed by atoms with Crippen LogP contribution in [0.4, 0.5) is 9.93 Å². The van der Waals surface area contributed by atoms with Gasteiger partial charge < -0.3 is 10.4 Å². The van der Waals surface area contributed by atoms with E-state index in [-0.39, 0.29) is 12.1 Å². The predicted molar refractivity (Wildman–Crippen MR) is 77.0 cm³/mol. The molecule has 3 N–H and O–H groups in total. The molecule has 1 aromatic heterocycles. The average molecular weight is 297 g/mol. The number of anilines is 1. The van der Waals surface area contributed by atoms with Crippen LogP contribution in [0.2, 0.25) is 0 Å². The third kappa shape index (κ3) is 3.93. The van der Waals surface area contributed by atoms with Crippen molar-refractivity contribution < 1.29 is 14.7 Å². The molecule has 2 unspecified atom stereocenters. The van der Waals surface area contributed by atoms with Gasteiger partial charge in [0.15, 0.2) is 5.13 Å². The quantitative estimate of drug-likeness (QED) is 0.748. The van der Waals surface area contributed by atoms with E-state index in [4.69, 9.17) is 0 Å². The highest BCUT2D eigenvalue weighted by Crippen LogP contribution is 2.24. The van der Waals surface area contributed by atoms with Crippen molar-refractivity contribution in [2.75, 3.05) is 5.32 Å². The summed E-state index contributed by atoms with van der Waals surface area (Å²) in [7, 11) is 0. The van der Waals surface area contributed by atoms with E-state index in [1.54, 1.807) is 0 Å². The molecule has 20 heavy (non-hydrogen) atoms. The number of thiazole rings is 1. The minimum absolute atomic E-state index is 0.309. The Morgan fingerprint density at radius 1 is 1.35 bits per heavy atom. The van der Waals surface area contributed by atoms with E-state index in [0.29, 0.717) is 18.0 Å². The number of aryl methyl sites for hydroxylation is 1. The number of urea groups is 1. The molecule has 1 fully saturated rings. The number of hydrogen-bond acceptors (Lipinski definition) is 4. The van der Waals surface area contributed by atoms with Gasteiger partial charge in [0.25, 0.3) is 0 Å². The Labute approximate surface area is 121 Å². The van der Waals surface area contributed by atoms with Crippen LogP contribution < -0.4 is 10.6 Å². The summed E-state index contributed by atoms with van der Waals surface area (Å²) in [5.41, 5.74) is 0.850. The molecule has 1 aromatic rings. The van der Waals surface area contributed by atoms with Gasteiger partial charge in [0.05, 0.1) is 11.6 Å². The van der Waals surface area contributed by atoms with Crippen LogP contribution >= 0.6 is 11.3 Å². The van der Waals surface area contributed by atoms with Crippen molar-refractivity contribution in [1.29, 1.82) is 0 Å². The molecule has 1 saturated carbocycles. The Morgan fingerprint density at radius 3 is 2.75 bits per heavy atom. The molecule has 0 aliphatic heterocycles. The van der Waals surface area contributed by atoms with Crippen molar-refractivity contribution in [1.82, 2.24) is 10.3 Å². The smallest absolute Gasteiger partial charge is 0.321 e. The Bertz CT molecular complexity index is 489. The van der Waals surface area contributed by atoms with Gasteiger partial charge in [-0.15, -0.1) is 11.3 Å². The topological polar surface area (TPSA) is 91.3 Å². The van der Waals surface area contributed by atoms with Gasteiger partial charge in [-0.2, -0.15) is 0 Å². The zero-order chi connectivity index (χ0) is 14.5. The van der Waals surface area contributed by atoms with Crippen molar-refractivity contribution in [3.05, 3.63) is 11.1 Å². The van der Waals surface area contributed by atoms with E-state index in [0.717, 1.165) is 25.0 Å². The fraction of sp³-hybridized carbons (Fsp3) is 0.615. The van der Waals surface area contributed by atoms with Gasteiger partial charge in [0.1, 0.15) is 0 Å². The molecular weight excluding hydrogens is 278 g/mol. The molecule has 0 spiro atoms. The number of carboxylic acids is 1. The van der Waals surface area contributed by atoms with Crippen molar-refractivity contribution in [2.24, 2.45) is 5.92 Å². The molecule has 1 heterocycles. The zero-order valence-electron chi connectivity index (χ0n) is 11.4. The van der Waals surface area contributed by atoms with Gasteiger partial charge in [0, 0.05) is 11.4 Å². The Balaban J connectivity index is 1.95. The molecule has 110 valence electrons. The minimum Gasteiger partial charge on any atom is -0.481 e. The maximum Gasteiger partial charge on any atom is 0.321 e. The standard InChI is InChI=1S/C13H19N3O3S/c1-8-7-20-13(14-8)16-12(19)15-10-6-4-2-3-5-9(10)11(17)18/h7,9-10H,2-6H2,1H3,(H,17,18)(H2,14,15,16,19). The normalized spacial score (nSPS) is 22.9. The lowest BCUT2D eigenvalue weighted by Gasteiger charge is -2.22. The number of rotatable bonds is 3. The lowest BCUT2D eigenvalue weighted by atomic mass is 9.95. The monoisotopic (exact) mass is 297 g/mol. The molecule has 7 heteroatoms. The molecule has 0 aromatic carbocycles. The minimum atomic E-state index is -0.831. The molecule has 0 radical (unpaired) electrons. The molecule has 1 aliphatic rings. The van der Waals surface area contributed by atoms with Crippen LogP contribution in [0.1, 0.15) is 37.8 Å². The summed E-state index contributed by atoms with van der Waals surface area (Å²) in [6.45, 7) is 1.85. The van der Waals surface area contributed by atoms with Gasteiger partial charge in [-0.3, -0.25) is 10.1 Å². The Kier molecular flexibility index (Phi) is 4.94. The zero-order valence-corrected chi connectivity index (χ0v) is 12.2. The van der Waals surface area contributed by atoms with Gasteiger partial charge in [-0.05, 0) is 19.8 Å². The van der Waals surface area contributed by atoms with Crippen molar-refractivity contribution >= 4 is 28.5 Å². The van der Waals surface area contributed by atoms with Crippen LogP contribution in [-0.2, 0) is 4.79 Å².